The number of hydrogen-bond donors (Lipinski definition) is 1. The van der Waals surface area contributed by atoms with Gasteiger partial charge in [0.1, 0.15) is 11.4 Å². The van der Waals surface area contributed by atoms with E-state index in [-0.39, 0.29) is 12.3 Å². The van der Waals surface area contributed by atoms with E-state index in [1.165, 1.54) is 17.6 Å². The predicted octanol–water partition coefficient (Wildman–Crippen LogP) is 0.0642. The normalized spacial score (nSPS) is 18.2. The fourth-order valence-corrected chi connectivity index (χ4v) is 3.35. The third kappa shape index (κ3) is 3.21. The van der Waals surface area contributed by atoms with Gasteiger partial charge in [0, 0.05) is 18.8 Å². The number of ether oxygens (including phenoxy) is 1. The summed E-state index contributed by atoms with van der Waals surface area (Å²) in [5.74, 6) is 0.181. The Bertz CT molecular complexity index is 573. The van der Waals surface area contributed by atoms with E-state index in [2.05, 4.69) is 10.3 Å². The second-order valence-corrected chi connectivity index (χ2v) is 6.22. The van der Waals surface area contributed by atoms with Crippen molar-refractivity contribution in [3.8, 4) is 5.75 Å². The Morgan fingerprint density at radius 3 is 3.00 bits per heavy atom. The molecule has 1 amide bonds. The number of nitrogens with zero attached hydrogens (tertiary/aromatic N) is 2. The smallest absolute Gasteiger partial charge is 0.239 e. The van der Waals surface area contributed by atoms with Gasteiger partial charge in [0.25, 0.3) is 0 Å². The highest BCUT2D eigenvalue weighted by Gasteiger charge is 2.29. The summed E-state index contributed by atoms with van der Waals surface area (Å²) in [5, 5.41) is 2.59. The van der Waals surface area contributed by atoms with Gasteiger partial charge in [-0.25, -0.2) is 8.42 Å². The Morgan fingerprint density at radius 2 is 2.37 bits per heavy atom. The standard InChI is InChI=1S/C11H15N3O4S/c1-18-10-3-4-12-7-9(10)13-11(15)8-14-5-2-6-19(14,16)17/h3-4,7H,2,5-6,8H2,1H3,(H,13,15). The van der Waals surface area contributed by atoms with E-state index in [1.807, 2.05) is 0 Å². The number of anilines is 1. The van der Waals surface area contributed by atoms with E-state index in [0.29, 0.717) is 24.4 Å². The zero-order valence-electron chi connectivity index (χ0n) is 10.5. The molecule has 0 atom stereocenters. The van der Waals surface area contributed by atoms with Gasteiger partial charge in [0.05, 0.1) is 25.6 Å². The molecule has 8 heteroatoms. The molecule has 0 saturated carbocycles. The molecule has 0 bridgehead atoms. The second-order valence-electron chi connectivity index (χ2n) is 4.13. The van der Waals surface area contributed by atoms with Gasteiger partial charge in [-0.3, -0.25) is 9.78 Å². The Kier molecular flexibility index (Phi) is 4.01. The third-order valence-electron chi connectivity index (χ3n) is 2.80. The highest BCUT2D eigenvalue weighted by Crippen LogP contribution is 2.22. The molecule has 2 heterocycles. The summed E-state index contributed by atoms with van der Waals surface area (Å²) in [7, 11) is -1.78. The number of sulfonamides is 1. The molecule has 1 aromatic heterocycles. The molecule has 1 fully saturated rings. The molecule has 7 nitrogen and oxygen atoms in total. The number of pyridine rings is 1. The van der Waals surface area contributed by atoms with Crippen molar-refractivity contribution in [2.24, 2.45) is 0 Å². The van der Waals surface area contributed by atoms with Gasteiger partial charge in [0.15, 0.2) is 0 Å². The van der Waals surface area contributed by atoms with Crippen molar-refractivity contribution in [3.05, 3.63) is 18.5 Å². The lowest BCUT2D eigenvalue weighted by atomic mass is 10.3. The molecule has 0 spiro atoms. The highest BCUT2D eigenvalue weighted by atomic mass is 32.2. The van der Waals surface area contributed by atoms with E-state index >= 15 is 0 Å². The van der Waals surface area contributed by atoms with Crippen LogP contribution in [0.3, 0.4) is 0 Å². The predicted molar refractivity (Wildman–Crippen MR) is 69.4 cm³/mol. The van der Waals surface area contributed by atoms with Crippen LogP contribution in [0.1, 0.15) is 6.42 Å². The van der Waals surface area contributed by atoms with Crippen molar-refractivity contribution < 1.29 is 17.9 Å². The number of methoxy groups -OCH3 is 1. The van der Waals surface area contributed by atoms with Crippen molar-refractivity contribution in [2.45, 2.75) is 6.42 Å². The summed E-state index contributed by atoms with van der Waals surface area (Å²) in [4.78, 5) is 15.7. The van der Waals surface area contributed by atoms with Gasteiger partial charge in [-0.15, -0.1) is 0 Å². The Morgan fingerprint density at radius 1 is 1.58 bits per heavy atom. The number of nitrogens with one attached hydrogen (secondary N) is 1. The Hall–Kier alpha value is -1.67. The van der Waals surface area contributed by atoms with Crippen LogP contribution in [-0.2, 0) is 14.8 Å². The largest absolute Gasteiger partial charge is 0.494 e. The summed E-state index contributed by atoms with van der Waals surface area (Å²) in [6.45, 7) is 0.209. The maximum atomic E-state index is 11.8. The molecule has 1 aromatic rings. The summed E-state index contributed by atoms with van der Waals surface area (Å²) in [6, 6.07) is 1.61. The van der Waals surface area contributed by atoms with Crippen LogP contribution in [0.2, 0.25) is 0 Å². The average Bonchev–Trinajstić information content (AvgIpc) is 2.69. The first-order chi connectivity index (χ1) is 9.03. The van der Waals surface area contributed by atoms with Crippen LogP contribution in [-0.4, -0.2) is 49.6 Å². The lowest BCUT2D eigenvalue weighted by molar-refractivity contribution is -0.116. The molecule has 1 aliphatic rings. The van der Waals surface area contributed by atoms with E-state index in [9.17, 15) is 13.2 Å². The lowest BCUT2D eigenvalue weighted by Crippen LogP contribution is -2.34. The third-order valence-corrected chi connectivity index (χ3v) is 4.70. The molecule has 1 N–H and O–H groups in total. The number of hydrogen-bond acceptors (Lipinski definition) is 5. The summed E-state index contributed by atoms with van der Waals surface area (Å²) in [5.41, 5.74) is 0.423. The second kappa shape index (κ2) is 5.54. The summed E-state index contributed by atoms with van der Waals surface area (Å²) in [6.07, 6.45) is 3.56. The topological polar surface area (TPSA) is 88.6 Å². The molecule has 1 aliphatic heterocycles. The molecule has 0 unspecified atom stereocenters. The van der Waals surface area contributed by atoms with Gasteiger partial charge >= 0.3 is 0 Å². The van der Waals surface area contributed by atoms with Crippen LogP contribution in [0.5, 0.6) is 5.75 Å². The van der Waals surface area contributed by atoms with Crippen molar-refractivity contribution in [3.63, 3.8) is 0 Å². The average molecular weight is 285 g/mol. The van der Waals surface area contributed by atoms with Crippen LogP contribution in [0.4, 0.5) is 5.69 Å². The first-order valence-corrected chi connectivity index (χ1v) is 7.39. The molecule has 0 aliphatic carbocycles. The number of aromatic nitrogens is 1. The maximum absolute atomic E-state index is 11.8. The van der Waals surface area contributed by atoms with E-state index < -0.39 is 15.9 Å². The van der Waals surface area contributed by atoms with Gasteiger partial charge in [-0.1, -0.05) is 0 Å². The number of rotatable bonds is 4. The quantitative estimate of drug-likeness (QED) is 0.845. The van der Waals surface area contributed by atoms with Crippen LogP contribution in [0.15, 0.2) is 18.5 Å². The molecule has 19 heavy (non-hydrogen) atoms. The van der Waals surface area contributed by atoms with E-state index in [4.69, 9.17) is 4.74 Å². The molecular weight excluding hydrogens is 270 g/mol. The minimum absolute atomic E-state index is 0.108. The van der Waals surface area contributed by atoms with Gasteiger partial charge in [-0.2, -0.15) is 4.31 Å². The molecular formula is C11H15N3O4S. The lowest BCUT2D eigenvalue weighted by Gasteiger charge is -2.14. The first kappa shape index (κ1) is 13.8. The number of carbonyl (C=O) groups is 1. The van der Waals surface area contributed by atoms with Crippen LogP contribution in [0.25, 0.3) is 0 Å². The van der Waals surface area contributed by atoms with Gasteiger partial charge < -0.3 is 10.1 Å². The number of carbonyl (C=O) groups excluding carboxylic acids is 1. The van der Waals surface area contributed by atoms with Crippen molar-refractivity contribution in [1.29, 1.82) is 0 Å². The first-order valence-electron chi connectivity index (χ1n) is 5.78. The molecule has 1 saturated heterocycles. The minimum Gasteiger partial charge on any atom is -0.494 e. The van der Waals surface area contributed by atoms with Gasteiger partial charge in [0.2, 0.25) is 15.9 Å². The fraction of sp³-hybridized carbons (Fsp3) is 0.455. The monoisotopic (exact) mass is 285 g/mol. The van der Waals surface area contributed by atoms with Crippen molar-refractivity contribution >= 4 is 21.6 Å². The van der Waals surface area contributed by atoms with Crippen LogP contribution in [0, 0.1) is 0 Å². The molecule has 104 valence electrons. The van der Waals surface area contributed by atoms with Crippen LogP contribution < -0.4 is 10.1 Å². The maximum Gasteiger partial charge on any atom is 0.239 e. The number of amides is 1. The summed E-state index contributed by atoms with van der Waals surface area (Å²) < 4.78 is 29.4. The zero-order valence-corrected chi connectivity index (χ0v) is 11.3. The van der Waals surface area contributed by atoms with E-state index in [0.717, 1.165) is 0 Å². The Labute approximate surface area is 111 Å². The minimum atomic E-state index is -3.26. The highest BCUT2D eigenvalue weighted by molar-refractivity contribution is 7.89. The molecule has 0 radical (unpaired) electrons. The fourth-order valence-electron chi connectivity index (χ4n) is 1.87. The zero-order chi connectivity index (χ0) is 13.9. The molecule has 2 rings (SSSR count). The van der Waals surface area contributed by atoms with E-state index in [1.54, 1.807) is 12.3 Å². The SMILES string of the molecule is COc1ccncc1NC(=O)CN1CCCS1(=O)=O. The van der Waals surface area contributed by atoms with Crippen LogP contribution >= 0.6 is 0 Å². The van der Waals surface area contributed by atoms with Crippen molar-refractivity contribution in [2.75, 3.05) is 31.3 Å². The summed E-state index contributed by atoms with van der Waals surface area (Å²) >= 11 is 0. The van der Waals surface area contributed by atoms with Gasteiger partial charge in [-0.05, 0) is 6.42 Å². The Balaban J connectivity index is 2.02. The molecule has 0 aromatic carbocycles. The van der Waals surface area contributed by atoms with Crippen molar-refractivity contribution in [1.82, 2.24) is 9.29 Å².